The van der Waals surface area contributed by atoms with Gasteiger partial charge >= 0.3 is 0 Å². The number of allylic oxidation sites excluding steroid dienone is 8. The average Bonchev–Trinajstić information content (AvgIpc) is 2.75. The Morgan fingerprint density at radius 3 is 2.08 bits per heavy atom. The summed E-state index contributed by atoms with van der Waals surface area (Å²) >= 11 is 0. The third kappa shape index (κ3) is 2.64. The fourth-order valence-corrected chi connectivity index (χ4v) is 7.67. The zero-order valence-corrected chi connectivity index (χ0v) is 18.4. The van der Waals surface area contributed by atoms with Gasteiger partial charge in [0, 0.05) is 10.8 Å². The lowest BCUT2D eigenvalue weighted by molar-refractivity contribution is 0.224. The highest BCUT2D eigenvalue weighted by atomic mass is 28.2. The normalized spacial score (nSPS) is 29.6. The molecule has 1 aromatic carbocycles. The van der Waals surface area contributed by atoms with E-state index in [9.17, 15) is 0 Å². The number of benzene rings is 1. The molecule has 0 saturated carbocycles. The topological polar surface area (TPSA) is 0 Å². The fraction of sp³-hybridized carbons (Fsp3) is 0.417. The van der Waals surface area contributed by atoms with E-state index < -0.39 is 9.52 Å². The predicted octanol–water partition coefficient (Wildman–Crippen LogP) is 5.25. The Hall–Kier alpha value is -1.60. The van der Waals surface area contributed by atoms with E-state index in [1.165, 1.54) is 16.7 Å². The zero-order chi connectivity index (χ0) is 18.4. The maximum absolute atomic E-state index is 2.52. The number of hydrogen-bond acceptors (Lipinski definition) is 0. The first-order valence-corrected chi connectivity index (χ1v) is 10.9. The highest BCUT2D eigenvalue weighted by molar-refractivity contribution is 6.63. The molecule has 0 fully saturated rings. The van der Waals surface area contributed by atoms with Crippen LogP contribution in [-0.2, 0) is 0 Å². The quantitative estimate of drug-likeness (QED) is 0.654. The van der Waals surface area contributed by atoms with Crippen molar-refractivity contribution in [2.75, 3.05) is 0 Å². The second kappa shape index (κ2) is 6.28. The molecule has 2 unspecified atom stereocenters. The fourth-order valence-electron chi connectivity index (χ4n) is 4.97. The molecule has 0 radical (unpaired) electrons. The van der Waals surface area contributed by atoms with Crippen LogP contribution in [0.4, 0.5) is 0 Å². The molecular weight excluding hydrogens is 316 g/mol. The van der Waals surface area contributed by atoms with Gasteiger partial charge in [0.2, 0.25) is 0 Å². The molecule has 2 atom stereocenters. The summed E-state index contributed by atoms with van der Waals surface area (Å²) in [5.74, 6) is 0. The second-order valence-electron chi connectivity index (χ2n) is 8.43. The van der Waals surface area contributed by atoms with Crippen molar-refractivity contribution in [3.63, 3.8) is 0 Å². The Morgan fingerprint density at radius 1 is 0.880 bits per heavy atom. The largest absolute Gasteiger partial charge is 0.0846 e. The maximum Gasteiger partial charge on any atom is 0.0846 e. The Morgan fingerprint density at radius 2 is 1.52 bits per heavy atom. The summed E-state index contributed by atoms with van der Waals surface area (Å²) in [4.78, 5) is 0. The molecule has 0 saturated heterocycles. The molecule has 2 aliphatic rings. The second-order valence-corrected chi connectivity index (χ2v) is 10.2. The van der Waals surface area contributed by atoms with E-state index in [1.54, 1.807) is 21.5 Å². The van der Waals surface area contributed by atoms with Crippen molar-refractivity contribution >= 4 is 14.7 Å². The minimum absolute atomic E-state index is 0.142. The molecule has 0 spiro atoms. The summed E-state index contributed by atoms with van der Waals surface area (Å²) in [5.41, 5.74) is 7.94. The average molecular weight is 349 g/mol. The molecule has 0 bridgehead atoms. The molecule has 0 heterocycles. The van der Waals surface area contributed by atoms with Crippen LogP contribution in [0, 0.1) is 24.7 Å². The molecule has 0 N–H and O–H groups in total. The summed E-state index contributed by atoms with van der Waals surface area (Å²) < 4.78 is 0. The van der Waals surface area contributed by atoms with Gasteiger partial charge in [-0.3, -0.25) is 0 Å². The summed E-state index contributed by atoms with van der Waals surface area (Å²) in [6.07, 6.45) is 10.4. The number of rotatable bonds is 3. The van der Waals surface area contributed by atoms with Gasteiger partial charge in [-0.25, -0.2) is 0 Å². The monoisotopic (exact) mass is 348 g/mol. The lowest BCUT2D eigenvalue weighted by Gasteiger charge is -2.47. The molecule has 0 amide bonds. The van der Waals surface area contributed by atoms with Crippen molar-refractivity contribution < 1.29 is 0 Å². The Bertz CT molecular complexity index is 813. The van der Waals surface area contributed by atoms with Crippen LogP contribution in [0.3, 0.4) is 0 Å². The van der Waals surface area contributed by atoms with Gasteiger partial charge in [-0.2, -0.15) is 0 Å². The first-order chi connectivity index (χ1) is 11.7. The van der Waals surface area contributed by atoms with Crippen molar-refractivity contribution in [1.82, 2.24) is 0 Å². The molecule has 0 aliphatic heterocycles. The van der Waals surface area contributed by atoms with Crippen molar-refractivity contribution in [3.05, 3.63) is 75.5 Å². The molecule has 2 aliphatic carbocycles. The summed E-state index contributed by atoms with van der Waals surface area (Å²) in [5, 5.41) is 3.40. The molecule has 3 rings (SSSR count). The predicted molar refractivity (Wildman–Crippen MR) is 114 cm³/mol. The van der Waals surface area contributed by atoms with E-state index in [0.717, 1.165) is 6.42 Å². The van der Waals surface area contributed by atoms with Gasteiger partial charge in [0.05, 0.1) is 9.52 Å². The van der Waals surface area contributed by atoms with E-state index in [1.807, 2.05) is 0 Å². The SMILES string of the molecule is CC1=C(C)C(C)(C2(C)C=CC=CC2)C([SiH2]c2c(C)cccc2C)=C1C. The van der Waals surface area contributed by atoms with E-state index in [2.05, 4.69) is 91.0 Å². The van der Waals surface area contributed by atoms with Crippen molar-refractivity contribution in [2.45, 2.75) is 54.9 Å². The smallest absolute Gasteiger partial charge is 0.0837 e. The lowest BCUT2D eigenvalue weighted by atomic mass is 9.60. The highest BCUT2D eigenvalue weighted by Gasteiger charge is 2.50. The standard InChI is InChI=1S/C24H32Si/c1-16-12-11-13-17(2)21(16)25-22-19(4)18(3)20(5)24(22,7)23(6)14-9-8-10-15-23/h8-14H,15,25H2,1-7H3. The van der Waals surface area contributed by atoms with Gasteiger partial charge < -0.3 is 0 Å². The van der Waals surface area contributed by atoms with Crippen LogP contribution in [0.1, 0.15) is 52.2 Å². The van der Waals surface area contributed by atoms with Crippen molar-refractivity contribution in [1.29, 1.82) is 0 Å². The Labute approximate surface area is 156 Å². The van der Waals surface area contributed by atoms with Crippen LogP contribution in [0.5, 0.6) is 0 Å². The van der Waals surface area contributed by atoms with Crippen LogP contribution in [0.2, 0.25) is 0 Å². The minimum atomic E-state index is -0.510. The lowest BCUT2D eigenvalue weighted by Crippen LogP contribution is -2.42. The first kappa shape index (κ1) is 18.2. The molecule has 25 heavy (non-hydrogen) atoms. The third-order valence-electron chi connectivity index (χ3n) is 7.32. The van der Waals surface area contributed by atoms with Gasteiger partial charge in [0.15, 0.2) is 0 Å². The Balaban J connectivity index is 2.14. The number of hydrogen-bond donors (Lipinski definition) is 0. The van der Waals surface area contributed by atoms with E-state index in [0.29, 0.717) is 0 Å². The third-order valence-corrected chi connectivity index (χ3v) is 10.4. The van der Waals surface area contributed by atoms with Gasteiger partial charge in [0.1, 0.15) is 0 Å². The van der Waals surface area contributed by atoms with Gasteiger partial charge in [-0.05, 0) is 46.6 Å². The molecule has 0 aromatic heterocycles. The van der Waals surface area contributed by atoms with E-state index >= 15 is 0 Å². The minimum Gasteiger partial charge on any atom is -0.0837 e. The maximum atomic E-state index is 2.52. The first-order valence-electron chi connectivity index (χ1n) is 9.50. The molecule has 0 nitrogen and oxygen atoms in total. The van der Waals surface area contributed by atoms with Crippen LogP contribution in [0.15, 0.2) is 64.4 Å². The van der Waals surface area contributed by atoms with Crippen LogP contribution in [0.25, 0.3) is 0 Å². The molecular formula is C24H32Si. The summed E-state index contributed by atoms with van der Waals surface area (Å²) in [6.45, 7) is 16.6. The van der Waals surface area contributed by atoms with Gasteiger partial charge in [-0.1, -0.05) is 89.0 Å². The van der Waals surface area contributed by atoms with Gasteiger partial charge in [0.25, 0.3) is 0 Å². The molecule has 132 valence electrons. The summed E-state index contributed by atoms with van der Waals surface area (Å²) in [6, 6.07) is 6.77. The summed E-state index contributed by atoms with van der Waals surface area (Å²) in [7, 11) is -0.510. The molecule has 1 aromatic rings. The van der Waals surface area contributed by atoms with E-state index in [-0.39, 0.29) is 10.8 Å². The van der Waals surface area contributed by atoms with Crippen LogP contribution >= 0.6 is 0 Å². The Kier molecular flexibility index (Phi) is 4.57. The molecule has 1 heteroatoms. The van der Waals surface area contributed by atoms with Gasteiger partial charge in [-0.15, -0.1) is 0 Å². The number of aryl methyl sites for hydroxylation is 2. The van der Waals surface area contributed by atoms with Crippen LogP contribution in [-0.4, -0.2) is 9.52 Å². The highest BCUT2D eigenvalue weighted by Crippen LogP contribution is 2.59. The van der Waals surface area contributed by atoms with Crippen molar-refractivity contribution in [2.24, 2.45) is 10.8 Å². The zero-order valence-electron chi connectivity index (χ0n) is 17.0. The van der Waals surface area contributed by atoms with Crippen molar-refractivity contribution in [3.8, 4) is 0 Å². The van der Waals surface area contributed by atoms with E-state index in [4.69, 9.17) is 0 Å². The van der Waals surface area contributed by atoms with Crippen LogP contribution < -0.4 is 5.19 Å².